The number of hydrogen-bond acceptors (Lipinski definition) is 3. The van der Waals surface area contributed by atoms with Crippen LogP contribution in [0.2, 0.25) is 0 Å². The van der Waals surface area contributed by atoms with Crippen LogP contribution < -0.4 is 5.32 Å². The van der Waals surface area contributed by atoms with Crippen LogP contribution in [0.15, 0.2) is 18.2 Å². The molecule has 0 radical (unpaired) electrons. The number of ether oxygens (including phenoxy) is 1. The zero-order valence-electron chi connectivity index (χ0n) is 13.4. The molecule has 2 N–H and O–H groups in total. The van der Waals surface area contributed by atoms with Crippen molar-refractivity contribution in [2.75, 3.05) is 39.4 Å². The molecule has 2 aliphatic rings. The number of nitrogens with zero attached hydrogens (tertiary/aromatic N) is 1. The van der Waals surface area contributed by atoms with Gasteiger partial charge in [-0.1, -0.05) is 12.1 Å². The lowest BCUT2D eigenvalue weighted by Gasteiger charge is -2.26. The third kappa shape index (κ3) is 2.86. The number of rotatable bonds is 4. The molecule has 1 aliphatic heterocycles. The molecule has 4 rings (SSSR count). The quantitative estimate of drug-likeness (QED) is 0.903. The number of benzene rings is 1. The molecule has 0 spiro atoms. The molecule has 5 nitrogen and oxygen atoms in total. The van der Waals surface area contributed by atoms with Gasteiger partial charge in [-0.15, -0.1) is 0 Å². The summed E-state index contributed by atoms with van der Waals surface area (Å²) in [4.78, 5) is 18.4. The highest BCUT2D eigenvalue weighted by Crippen LogP contribution is 2.31. The summed E-state index contributed by atoms with van der Waals surface area (Å²) in [6.07, 6.45) is 3.44. The Balaban J connectivity index is 1.45. The van der Waals surface area contributed by atoms with Gasteiger partial charge in [-0.3, -0.25) is 9.69 Å². The number of fused-ring (bicyclic) bond motifs is 3. The van der Waals surface area contributed by atoms with Gasteiger partial charge in [0, 0.05) is 37.3 Å². The number of amides is 1. The molecule has 122 valence electrons. The van der Waals surface area contributed by atoms with Crippen molar-refractivity contribution in [3.05, 3.63) is 35.0 Å². The lowest BCUT2D eigenvalue weighted by molar-refractivity contribution is 0.0383. The van der Waals surface area contributed by atoms with Crippen LogP contribution in [0.3, 0.4) is 0 Å². The maximum Gasteiger partial charge on any atom is 0.253 e. The van der Waals surface area contributed by atoms with Gasteiger partial charge in [-0.25, -0.2) is 0 Å². The summed E-state index contributed by atoms with van der Waals surface area (Å²) in [7, 11) is 0. The van der Waals surface area contributed by atoms with Crippen LogP contribution >= 0.6 is 0 Å². The Hall–Kier alpha value is -1.85. The van der Waals surface area contributed by atoms with Gasteiger partial charge in [-0.2, -0.15) is 0 Å². The molecule has 1 fully saturated rings. The Morgan fingerprint density at radius 2 is 2.13 bits per heavy atom. The maximum absolute atomic E-state index is 12.6. The van der Waals surface area contributed by atoms with Crippen LogP contribution in [0.5, 0.6) is 0 Å². The zero-order chi connectivity index (χ0) is 15.6. The van der Waals surface area contributed by atoms with Crippen molar-refractivity contribution in [2.24, 2.45) is 0 Å². The number of nitrogens with one attached hydrogen (secondary N) is 2. The fourth-order valence-electron chi connectivity index (χ4n) is 3.71. The molecule has 23 heavy (non-hydrogen) atoms. The first kappa shape index (κ1) is 14.7. The fourth-order valence-corrected chi connectivity index (χ4v) is 3.71. The predicted octanol–water partition coefficient (Wildman–Crippen LogP) is 1.72. The van der Waals surface area contributed by atoms with E-state index in [2.05, 4.69) is 21.3 Å². The summed E-state index contributed by atoms with van der Waals surface area (Å²) in [5.41, 5.74) is 4.48. The highest BCUT2D eigenvalue weighted by atomic mass is 16.5. The summed E-state index contributed by atoms with van der Waals surface area (Å²) in [5.74, 6) is 0.0174. The van der Waals surface area contributed by atoms with E-state index in [1.807, 2.05) is 12.1 Å². The largest absolute Gasteiger partial charge is 0.379 e. The number of hydrogen-bond donors (Lipinski definition) is 2. The second kappa shape index (κ2) is 6.34. The molecule has 5 heteroatoms. The van der Waals surface area contributed by atoms with Crippen molar-refractivity contribution in [2.45, 2.75) is 19.3 Å². The molecular weight excluding hydrogens is 290 g/mol. The van der Waals surface area contributed by atoms with Gasteiger partial charge in [0.25, 0.3) is 5.91 Å². The number of aryl methyl sites for hydroxylation is 2. The zero-order valence-corrected chi connectivity index (χ0v) is 13.4. The van der Waals surface area contributed by atoms with Crippen LogP contribution in [-0.2, 0) is 17.6 Å². The lowest BCUT2D eigenvalue weighted by atomic mass is 10.1. The maximum atomic E-state index is 12.6. The van der Waals surface area contributed by atoms with Gasteiger partial charge < -0.3 is 15.0 Å². The smallest absolute Gasteiger partial charge is 0.253 e. The van der Waals surface area contributed by atoms with Crippen LogP contribution in [0.1, 0.15) is 28.0 Å². The molecule has 2 aromatic rings. The summed E-state index contributed by atoms with van der Waals surface area (Å²) >= 11 is 0. The minimum absolute atomic E-state index is 0.0174. The third-order valence-electron chi connectivity index (χ3n) is 4.95. The highest BCUT2D eigenvalue weighted by Gasteiger charge is 2.20. The van der Waals surface area contributed by atoms with Gasteiger partial charge in [0.05, 0.1) is 24.3 Å². The molecule has 0 unspecified atom stereocenters. The van der Waals surface area contributed by atoms with E-state index in [1.54, 1.807) is 0 Å². The van der Waals surface area contributed by atoms with Crippen molar-refractivity contribution in [3.8, 4) is 0 Å². The SMILES string of the molecule is O=C(NCCN1CCOCC1)c1cccc2c3c([nH]c12)CCC3. The molecule has 2 heterocycles. The number of para-hydroxylation sites is 1. The van der Waals surface area contributed by atoms with Gasteiger partial charge in [0.1, 0.15) is 0 Å². The van der Waals surface area contributed by atoms with Crippen LogP contribution in [0, 0.1) is 0 Å². The van der Waals surface area contributed by atoms with Crippen molar-refractivity contribution in [1.29, 1.82) is 0 Å². The van der Waals surface area contributed by atoms with E-state index in [-0.39, 0.29) is 5.91 Å². The van der Waals surface area contributed by atoms with E-state index in [9.17, 15) is 4.79 Å². The van der Waals surface area contributed by atoms with Crippen LogP contribution in [-0.4, -0.2) is 55.2 Å². The molecule has 1 aromatic carbocycles. The molecule has 0 bridgehead atoms. The number of morpholine rings is 1. The van der Waals surface area contributed by atoms with Gasteiger partial charge in [-0.05, 0) is 30.9 Å². The molecule has 0 atom stereocenters. The summed E-state index contributed by atoms with van der Waals surface area (Å²) in [5, 5.41) is 4.28. The average molecular weight is 313 g/mol. The Kier molecular flexibility index (Phi) is 4.06. The Labute approximate surface area is 136 Å². The van der Waals surface area contributed by atoms with Crippen molar-refractivity contribution >= 4 is 16.8 Å². The van der Waals surface area contributed by atoms with Gasteiger partial charge >= 0.3 is 0 Å². The second-order valence-electron chi connectivity index (χ2n) is 6.37. The van der Waals surface area contributed by atoms with E-state index < -0.39 is 0 Å². The molecule has 0 saturated carbocycles. The second-order valence-corrected chi connectivity index (χ2v) is 6.37. The number of H-pyrrole nitrogens is 1. The number of aromatic nitrogens is 1. The summed E-state index contributed by atoms with van der Waals surface area (Å²) in [6, 6.07) is 6.03. The minimum Gasteiger partial charge on any atom is -0.379 e. The third-order valence-corrected chi connectivity index (χ3v) is 4.95. The standard InChI is InChI=1S/C18H23N3O2/c22-18(19-7-8-21-9-11-23-12-10-21)15-5-1-4-14-13-3-2-6-16(13)20-17(14)15/h1,4-5,20H,2-3,6-12H2,(H,19,22). The molecule has 1 amide bonds. The van der Waals surface area contributed by atoms with E-state index in [1.165, 1.54) is 23.1 Å². The van der Waals surface area contributed by atoms with E-state index in [4.69, 9.17) is 4.74 Å². The number of carbonyl (C=O) groups is 1. The van der Waals surface area contributed by atoms with Gasteiger partial charge in [0.15, 0.2) is 0 Å². The van der Waals surface area contributed by atoms with Crippen molar-refractivity contribution in [1.82, 2.24) is 15.2 Å². The first-order valence-electron chi connectivity index (χ1n) is 8.53. The summed E-state index contributed by atoms with van der Waals surface area (Å²) in [6.45, 7) is 5.05. The van der Waals surface area contributed by atoms with Crippen LogP contribution in [0.25, 0.3) is 10.9 Å². The van der Waals surface area contributed by atoms with Crippen molar-refractivity contribution in [3.63, 3.8) is 0 Å². The predicted molar refractivity (Wildman–Crippen MR) is 89.9 cm³/mol. The Morgan fingerprint density at radius 3 is 3.00 bits per heavy atom. The number of aromatic amines is 1. The van der Waals surface area contributed by atoms with E-state index >= 15 is 0 Å². The number of carbonyl (C=O) groups excluding carboxylic acids is 1. The van der Waals surface area contributed by atoms with E-state index in [0.29, 0.717) is 6.54 Å². The molecular formula is C18H23N3O2. The topological polar surface area (TPSA) is 57.4 Å². The first-order chi connectivity index (χ1) is 11.3. The van der Waals surface area contributed by atoms with Crippen molar-refractivity contribution < 1.29 is 9.53 Å². The Bertz CT molecular complexity index is 716. The fraction of sp³-hybridized carbons (Fsp3) is 0.500. The lowest BCUT2D eigenvalue weighted by Crippen LogP contribution is -2.41. The molecule has 1 aliphatic carbocycles. The Morgan fingerprint density at radius 1 is 1.26 bits per heavy atom. The van der Waals surface area contributed by atoms with E-state index in [0.717, 1.165) is 56.8 Å². The van der Waals surface area contributed by atoms with Crippen LogP contribution in [0.4, 0.5) is 0 Å². The van der Waals surface area contributed by atoms with Gasteiger partial charge in [0.2, 0.25) is 0 Å². The average Bonchev–Trinajstić information content (AvgIpc) is 3.16. The highest BCUT2D eigenvalue weighted by molar-refractivity contribution is 6.06. The summed E-state index contributed by atoms with van der Waals surface area (Å²) < 4.78 is 5.34. The first-order valence-corrected chi connectivity index (χ1v) is 8.53. The minimum atomic E-state index is 0.0174. The molecule has 1 saturated heterocycles. The molecule has 1 aromatic heterocycles. The monoisotopic (exact) mass is 313 g/mol. The normalized spacial score (nSPS) is 18.3.